The van der Waals surface area contributed by atoms with Gasteiger partial charge in [0.25, 0.3) is 0 Å². The smallest absolute Gasteiger partial charge is 0.248 e. The van der Waals surface area contributed by atoms with Gasteiger partial charge < -0.3 is 19.9 Å². The maximum Gasteiger partial charge on any atom is 0.248 e. The Kier molecular flexibility index (Phi) is 6.77. The highest BCUT2D eigenvalue weighted by molar-refractivity contribution is 5.89. The summed E-state index contributed by atoms with van der Waals surface area (Å²) in [6, 6.07) is 7.35. The molecule has 29 heavy (non-hydrogen) atoms. The van der Waals surface area contributed by atoms with Gasteiger partial charge in [0.2, 0.25) is 11.8 Å². The molecule has 1 atom stereocenters. The average Bonchev–Trinajstić information content (AvgIpc) is 3.17. The highest BCUT2D eigenvalue weighted by Crippen LogP contribution is 2.33. The molecular formula is C22H32N4O3. The molecule has 1 aliphatic rings. The number of methoxy groups -OCH3 is 1. The van der Waals surface area contributed by atoms with E-state index in [1.54, 1.807) is 7.11 Å². The number of hydrogen-bond donors (Lipinski definition) is 2. The summed E-state index contributed by atoms with van der Waals surface area (Å²) in [5, 5.41) is 10.6. The van der Waals surface area contributed by atoms with Gasteiger partial charge in [-0.3, -0.25) is 4.79 Å². The molecule has 7 heteroatoms. The Balaban J connectivity index is 1.71. The molecule has 1 aliphatic carbocycles. The van der Waals surface area contributed by atoms with Crippen LogP contribution in [0.5, 0.6) is 5.75 Å². The summed E-state index contributed by atoms with van der Waals surface area (Å²) in [7, 11) is 1.64. The van der Waals surface area contributed by atoms with Crippen LogP contribution in [0, 0.1) is 5.92 Å². The number of hydrogen-bond acceptors (Lipinski definition) is 6. The molecule has 158 valence electrons. The Hall–Kier alpha value is -2.57. The third-order valence-corrected chi connectivity index (χ3v) is 5.41. The van der Waals surface area contributed by atoms with Crippen molar-refractivity contribution in [3.05, 3.63) is 36.0 Å². The molecule has 0 aliphatic heterocycles. The number of rotatable bonds is 8. The number of carbonyl (C=O) groups excluding carboxylic acids is 1. The predicted molar refractivity (Wildman–Crippen MR) is 112 cm³/mol. The van der Waals surface area contributed by atoms with E-state index in [0.717, 1.165) is 50.0 Å². The summed E-state index contributed by atoms with van der Waals surface area (Å²) in [6.45, 7) is 6.10. The van der Waals surface area contributed by atoms with Crippen LogP contribution in [0.2, 0.25) is 0 Å². The standard InChI is InChI=1S/C22H32N4O3/c1-15(2)14-19-24-20(29-26-19)16(3)23-21(27)22(12-6-5-7-13-22)25-17-8-10-18(28-4)11-9-17/h8-11,15-16,25H,5-7,12-14H2,1-4H3,(H,23,27). The molecule has 7 nitrogen and oxygen atoms in total. The van der Waals surface area contributed by atoms with Crippen LogP contribution in [-0.4, -0.2) is 28.7 Å². The SMILES string of the molecule is COc1ccc(NC2(C(=O)NC(C)c3nc(CC(C)C)no3)CCCCC2)cc1. The van der Waals surface area contributed by atoms with Crippen LogP contribution in [-0.2, 0) is 11.2 Å². The minimum absolute atomic E-state index is 0.0240. The Bertz CT molecular complexity index is 795. The van der Waals surface area contributed by atoms with E-state index in [1.807, 2.05) is 31.2 Å². The van der Waals surface area contributed by atoms with Crippen LogP contribution in [0.4, 0.5) is 5.69 Å². The van der Waals surface area contributed by atoms with Crippen LogP contribution in [0.25, 0.3) is 0 Å². The van der Waals surface area contributed by atoms with Gasteiger partial charge in [-0.15, -0.1) is 0 Å². The van der Waals surface area contributed by atoms with Gasteiger partial charge in [0.15, 0.2) is 5.82 Å². The second kappa shape index (κ2) is 9.29. The lowest BCUT2D eigenvalue weighted by atomic mass is 9.80. The fraction of sp³-hybridized carbons (Fsp3) is 0.591. The Morgan fingerprint density at radius 3 is 2.48 bits per heavy atom. The quantitative estimate of drug-likeness (QED) is 0.688. The lowest BCUT2D eigenvalue weighted by Gasteiger charge is -2.38. The van der Waals surface area contributed by atoms with E-state index >= 15 is 0 Å². The van der Waals surface area contributed by atoms with Gasteiger partial charge in [-0.2, -0.15) is 4.98 Å². The minimum atomic E-state index is -0.637. The highest BCUT2D eigenvalue weighted by atomic mass is 16.5. The summed E-state index contributed by atoms with van der Waals surface area (Å²) in [6.07, 6.45) is 5.53. The summed E-state index contributed by atoms with van der Waals surface area (Å²) in [5.74, 6) is 2.35. The molecule has 1 heterocycles. The highest BCUT2D eigenvalue weighted by Gasteiger charge is 2.40. The van der Waals surface area contributed by atoms with E-state index in [2.05, 4.69) is 34.6 Å². The van der Waals surface area contributed by atoms with Gasteiger partial charge in [0, 0.05) is 12.1 Å². The molecule has 1 aromatic heterocycles. The first kappa shape index (κ1) is 21.1. The first-order valence-corrected chi connectivity index (χ1v) is 10.5. The van der Waals surface area contributed by atoms with E-state index in [9.17, 15) is 4.79 Å². The van der Waals surface area contributed by atoms with Crippen LogP contribution in [0.1, 0.15) is 70.6 Å². The zero-order valence-corrected chi connectivity index (χ0v) is 17.8. The molecule has 2 aromatic rings. The molecule has 0 spiro atoms. The van der Waals surface area contributed by atoms with Crippen LogP contribution in [0.3, 0.4) is 0 Å². The first-order chi connectivity index (χ1) is 13.9. The van der Waals surface area contributed by atoms with Crippen molar-refractivity contribution >= 4 is 11.6 Å². The van der Waals surface area contributed by atoms with E-state index in [-0.39, 0.29) is 11.9 Å². The maximum absolute atomic E-state index is 13.3. The third-order valence-electron chi connectivity index (χ3n) is 5.41. The number of nitrogens with one attached hydrogen (secondary N) is 2. The predicted octanol–water partition coefficient (Wildman–Crippen LogP) is 4.27. The maximum atomic E-state index is 13.3. The third kappa shape index (κ3) is 5.28. The van der Waals surface area contributed by atoms with Gasteiger partial charge in [-0.1, -0.05) is 38.3 Å². The summed E-state index contributed by atoms with van der Waals surface area (Å²) in [5.41, 5.74) is 0.273. The van der Waals surface area contributed by atoms with Crippen LogP contribution >= 0.6 is 0 Å². The fourth-order valence-corrected chi connectivity index (χ4v) is 3.80. The monoisotopic (exact) mass is 400 g/mol. The minimum Gasteiger partial charge on any atom is -0.497 e. The Labute approximate surface area is 172 Å². The molecule has 1 fully saturated rings. The average molecular weight is 401 g/mol. The second-order valence-electron chi connectivity index (χ2n) is 8.34. The molecule has 1 aromatic carbocycles. The van der Waals surface area contributed by atoms with Crippen molar-refractivity contribution in [2.24, 2.45) is 5.92 Å². The Morgan fingerprint density at radius 1 is 1.17 bits per heavy atom. The number of ether oxygens (including phenoxy) is 1. The van der Waals surface area contributed by atoms with Crippen molar-refractivity contribution in [3.8, 4) is 5.75 Å². The molecule has 1 unspecified atom stereocenters. The number of amides is 1. The zero-order valence-electron chi connectivity index (χ0n) is 17.8. The molecule has 0 saturated heterocycles. The van der Waals surface area contributed by atoms with Gasteiger partial charge in [0.1, 0.15) is 17.3 Å². The van der Waals surface area contributed by atoms with Gasteiger partial charge in [0.05, 0.1) is 7.11 Å². The largest absolute Gasteiger partial charge is 0.497 e. The molecule has 0 radical (unpaired) electrons. The zero-order chi connectivity index (χ0) is 20.9. The van der Waals surface area contributed by atoms with Crippen LogP contribution in [0.15, 0.2) is 28.8 Å². The summed E-state index contributed by atoms with van der Waals surface area (Å²) in [4.78, 5) is 17.8. The molecule has 1 amide bonds. The molecule has 0 bridgehead atoms. The fourth-order valence-electron chi connectivity index (χ4n) is 3.80. The van der Waals surface area contributed by atoms with E-state index in [0.29, 0.717) is 17.6 Å². The normalized spacial score (nSPS) is 17.0. The Morgan fingerprint density at radius 2 is 1.86 bits per heavy atom. The van der Waals surface area contributed by atoms with Crippen molar-refractivity contribution in [2.75, 3.05) is 12.4 Å². The topological polar surface area (TPSA) is 89.3 Å². The van der Waals surface area contributed by atoms with Crippen molar-refractivity contribution < 1.29 is 14.1 Å². The number of benzene rings is 1. The van der Waals surface area contributed by atoms with Gasteiger partial charge in [-0.25, -0.2) is 0 Å². The van der Waals surface area contributed by atoms with Crippen molar-refractivity contribution in [1.29, 1.82) is 0 Å². The number of carbonyl (C=O) groups is 1. The van der Waals surface area contributed by atoms with Crippen molar-refractivity contribution in [3.63, 3.8) is 0 Å². The summed E-state index contributed by atoms with van der Waals surface area (Å²) < 4.78 is 10.6. The summed E-state index contributed by atoms with van der Waals surface area (Å²) >= 11 is 0. The van der Waals surface area contributed by atoms with Crippen LogP contribution < -0.4 is 15.4 Å². The number of nitrogens with zero attached hydrogens (tertiary/aromatic N) is 2. The van der Waals surface area contributed by atoms with E-state index in [4.69, 9.17) is 9.26 Å². The lowest BCUT2D eigenvalue weighted by Crippen LogP contribution is -2.54. The lowest BCUT2D eigenvalue weighted by molar-refractivity contribution is -0.127. The number of aromatic nitrogens is 2. The van der Waals surface area contributed by atoms with E-state index < -0.39 is 5.54 Å². The van der Waals surface area contributed by atoms with Gasteiger partial charge >= 0.3 is 0 Å². The molecule has 3 rings (SSSR count). The van der Waals surface area contributed by atoms with Crippen molar-refractivity contribution in [1.82, 2.24) is 15.5 Å². The molecule has 2 N–H and O–H groups in total. The number of anilines is 1. The molecular weight excluding hydrogens is 368 g/mol. The first-order valence-electron chi connectivity index (χ1n) is 10.5. The molecule has 1 saturated carbocycles. The second-order valence-corrected chi connectivity index (χ2v) is 8.34. The van der Waals surface area contributed by atoms with Crippen molar-refractivity contribution in [2.45, 2.75) is 70.9 Å². The van der Waals surface area contributed by atoms with Gasteiger partial charge in [-0.05, 0) is 49.9 Å². The van der Waals surface area contributed by atoms with E-state index in [1.165, 1.54) is 0 Å².